The molecule has 0 heterocycles. The van der Waals surface area contributed by atoms with Crippen LogP contribution in [-0.4, -0.2) is 29.3 Å². The van der Waals surface area contributed by atoms with Crippen LogP contribution in [0.2, 0.25) is 0 Å². The van der Waals surface area contributed by atoms with Crippen LogP contribution in [0.3, 0.4) is 0 Å². The number of phenolic OH excluding ortho intramolecular Hbond substituents is 1. The lowest BCUT2D eigenvalue weighted by atomic mass is 9.83. The molecule has 0 aliphatic carbocycles. The molecular weight excluding hydrogens is 310 g/mol. The van der Waals surface area contributed by atoms with Crippen LogP contribution in [0.25, 0.3) is 0 Å². The van der Waals surface area contributed by atoms with Gasteiger partial charge in [0.2, 0.25) is 0 Å². The molecule has 0 aliphatic heterocycles. The average molecular weight is 330 g/mol. The molecule has 0 bridgehead atoms. The Bertz CT molecular complexity index is 436. The maximum absolute atomic E-state index is 12.0. The zero-order chi connectivity index (χ0) is 14.5. The number of aliphatic hydroxyl groups excluding tert-OH is 1. The number of aromatic hydroxyl groups is 1. The van der Waals surface area contributed by atoms with Crippen molar-refractivity contribution in [3.63, 3.8) is 0 Å². The smallest absolute Gasteiger partial charge is 0.255 e. The highest BCUT2D eigenvalue weighted by Crippen LogP contribution is 2.25. The first-order chi connectivity index (χ1) is 8.98. The Balaban J connectivity index is 2.77. The molecule has 0 radical (unpaired) electrons. The maximum Gasteiger partial charge on any atom is 0.255 e. The van der Waals surface area contributed by atoms with Gasteiger partial charge in [0.05, 0.1) is 12.2 Å². The van der Waals surface area contributed by atoms with Gasteiger partial charge in [-0.05, 0) is 31.0 Å². The quantitative estimate of drug-likeness (QED) is 0.751. The summed E-state index contributed by atoms with van der Waals surface area (Å²) in [5.41, 5.74) is -0.0643. The molecule has 106 valence electrons. The summed E-state index contributed by atoms with van der Waals surface area (Å²) < 4.78 is 0.731. The van der Waals surface area contributed by atoms with Gasteiger partial charge in [0.1, 0.15) is 5.75 Å². The Morgan fingerprint density at radius 3 is 2.53 bits per heavy atom. The van der Waals surface area contributed by atoms with E-state index in [0.717, 1.165) is 17.3 Å². The largest absolute Gasteiger partial charge is 0.507 e. The highest BCUT2D eigenvalue weighted by molar-refractivity contribution is 9.10. The van der Waals surface area contributed by atoms with Gasteiger partial charge >= 0.3 is 0 Å². The lowest BCUT2D eigenvalue weighted by molar-refractivity contribution is 0.0849. The standard InChI is InChI=1S/C14H20BrNO3/c1-3-14(4-2,9-17)8-16-13(19)11-7-10(15)5-6-12(11)18/h5-7,17-18H,3-4,8-9H2,1-2H3,(H,16,19). The second-order valence-electron chi connectivity index (χ2n) is 4.71. The summed E-state index contributed by atoms with van der Waals surface area (Å²) in [7, 11) is 0. The fourth-order valence-electron chi connectivity index (χ4n) is 1.83. The third kappa shape index (κ3) is 3.94. The van der Waals surface area contributed by atoms with E-state index in [1.165, 1.54) is 6.07 Å². The molecule has 1 amide bonds. The van der Waals surface area contributed by atoms with Crippen molar-refractivity contribution in [2.75, 3.05) is 13.2 Å². The van der Waals surface area contributed by atoms with Gasteiger partial charge in [-0.25, -0.2) is 0 Å². The van der Waals surface area contributed by atoms with Crippen LogP contribution in [0.4, 0.5) is 0 Å². The van der Waals surface area contributed by atoms with Gasteiger partial charge in [0.25, 0.3) is 5.91 Å². The summed E-state index contributed by atoms with van der Waals surface area (Å²) in [6.07, 6.45) is 1.56. The molecule has 0 atom stereocenters. The molecule has 1 rings (SSSR count). The summed E-state index contributed by atoms with van der Waals surface area (Å²) >= 11 is 3.27. The van der Waals surface area contributed by atoms with E-state index >= 15 is 0 Å². The van der Waals surface area contributed by atoms with E-state index in [-0.39, 0.29) is 29.2 Å². The highest BCUT2D eigenvalue weighted by atomic mass is 79.9. The van der Waals surface area contributed by atoms with Crippen LogP contribution in [0.15, 0.2) is 22.7 Å². The number of hydrogen-bond donors (Lipinski definition) is 3. The van der Waals surface area contributed by atoms with Gasteiger partial charge < -0.3 is 15.5 Å². The van der Waals surface area contributed by atoms with Crippen LogP contribution >= 0.6 is 15.9 Å². The van der Waals surface area contributed by atoms with E-state index in [1.807, 2.05) is 13.8 Å². The van der Waals surface area contributed by atoms with Crippen molar-refractivity contribution in [1.82, 2.24) is 5.32 Å². The number of benzene rings is 1. The van der Waals surface area contributed by atoms with Crippen LogP contribution in [0, 0.1) is 5.41 Å². The van der Waals surface area contributed by atoms with Crippen LogP contribution < -0.4 is 5.32 Å². The fourth-order valence-corrected chi connectivity index (χ4v) is 2.19. The van der Waals surface area contributed by atoms with Gasteiger partial charge in [-0.15, -0.1) is 0 Å². The Kier molecular flexibility index (Phi) is 5.82. The number of carbonyl (C=O) groups excluding carboxylic acids is 1. The van der Waals surface area contributed by atoms with E-state index in [9.17, 15) is 15.0 Å². The Hall–Kier alpha value is -1.07. The SMILES string of the molecule is CCC(CC)(CO)CNC(=O)c1cc(Br)ccc1O. The Morgan fingerprint density at radius 2 is 2.00 bits per heavy atom. The van der Waals surface area contributed by atoms with Gasteiger partial charge in [-0.3, -0.25) is 4.79 Å². The lowest BCUT2D eigenvalue weighted by Gasteiger charge is -2.29. The predicted octanol–water partition coefficient (Wildman–Crippen LogP) is 2.68. The molecule has 0 aliphatic rings. The first kappa shape index (κ1) is 16.0. The van der Waals surface area contributed by atoms with Crippen LogP contribution in [-0.2, 0) is 0 Å². The van der Waals surface area contributed by atoms with Crippen molar-refractivity contribution in [3.8, 4) is 5.75 Å². The lowest BCUT2D eigenvalue weighted by Crippen LogP contribution is -2.39. The summed E-state index contributed by atoms with van der Waals surface area (Å²) in [5.74, 6) is -0.387. The number of carbonyl (C=O) groups is 1. The predicted molar refractivity (Wildman–Crippen MR) is 78.2 cm³/mol. The average Bonchev–Trinajstić information content (AvgIpc) is 2.43. The minimum absolute atomic E-state index is 0.0325. The molecule has 4 nitrogen and oxygen atoms in total. The van der Waals surface area contributed by atoms with Gasteiger partial charge in [0.15, 0.2) is 0 Å². The third-order valence-corrected chi connectivity index (χ3v) is 4.16. The Morgan fingerprint density at radius 1 is 1.37 bits per heavy atom. The van der Waals surface area contributed by atoms with E-state index in [4.69, 9.17) is 0 Å². The number of hydrogen-bond acceptors (Lipinski definition) is 3. The minimum Gasteiger partial charge on any atom is -0.507 e. The summed E-state index contributed by atoms with van der Waals surface area (Å²) in [4.78, 5) is 12.0. The number of nitrogens with one attached hydrogen (secondary N) is 1. The molecule has 1 aromatic carbocycles. The second kappa shape index (κ2) is 6.91. The van der Waals surface area contributed by atoms with E-state index in [1.54, 1.807) is 12.1 Å². The molecule has 3 N–H and O–H groups in total. The summed E-state index contributed by atoms with van der Waals surface area (Å²) in [6, 6.07) is 4.71. The molecular formula is C14H20BrNO3. The number of amides is 1. The van der Waals surface area contributed by atoms with Gasteiger partial charge in [0, 0.05) is 16.4 Å². The monoisotopic (exact) mass is 329 g/mol. The normalized spacial score (nSPS) is 11.4. The molecule has 19 heavy (non-hydrogen) atoms. The molecule has 0 saturated carbocycles. The molecule has 5 heteroatoms. The molecule has 0 aromatic heterocycles. The number of aliphatic hydroxyl groups is 1. The molecule has 1 aromatic rings. The molecule has 0 spiro atoms. The molecule has 0 saturated heterocycles. The number of rotatable bonds is 6. The first-order valence-corrected chi connectivity index (χ1v) is 7.15. The third-order valence-electron chi connectivity index (χ3n) is 3.66. The molecule has 0 unspecified atom stereocenters. The van der Waals surface area contributed by atoms with E-state index in [0.29, 0.717) is 6.54 Å². The first-order valence-electron chi connectivity index (χ1n) is 6.35. The Labute approximate surface area is 122 Å². The van der Waals surface area contributed by atoms with Crippen molar-refractivity contribution >= 4 is 21.8 Å². The van der Waals surface area contributed by atoms with Crippen LogP contribution in [0.1, 0.15) is 37.0 Å². The summed E-state index contributed by atoms with van der Waals surface area (Å²) in [6.45, 7) is 4.40. The zero-order valence-electron chi connectivity index (χ0n) is 11.2. The van der Waals surface area contributed by atoms with Crippen molar-refractivity contribution in [2.45, 2.75) is 26.7 Å². The zero-order valence-corrected chi connectivity index (χ0v) is 12.8. The van der Waals surface area contributed by atoms with Crippen molar-refractivity contribution in [3.05, 3.63) is 28.2 Å². The topological polar surface area (TPSA) is 69.6 Å². The molecule has 0 fully saturated rings. The van der Waals surface area contributed by atoms with E-state index < -0.39 is 0 Å². The van der Waals surface area contributed by atoms with Gasteiger partial charge in [-0.1, -0.05) is 29.8 Å². The van der Waals surface area contributed by atoms with Gasteiger partial charge in [-0.2, -0.15) is 0 Å². The van der Waals surface area contributed by atoms with Crippen LogP contribution in [0.5, 0.6) is 5.75 Å². The van der Waals surface area contributed by atoms with E-state index in [2.05, 4.69) is 21.2 Å². The summed E-state index contributed by atoms with van der Waals surface area (Å²) in [5, 5.41) is 21.9. The van der Waals surface area contributed by atoms with Crippen molar-refractivity contribution in [1.29, 1.82) is 0 Å². The second-order valence-corrected chi connectivity index (χ2v) is 5.63. The van der Waals surface area contributed by atoms with Crippen molar-refractivity contribution in [2.24, 2.45) is 5.41 Å². The fraction of sp³-hybridized carbons (Fsp3) is 0.500. The number of halogens is 1. The highest BCUT2D eigenvalue weighted by Gasteiger charge is 2.26. The maximum atomic E-state index is 12.0. The minimum atomic E-state index is -0.335. The van der Waals surface area contributed by atoms with Crippen molar-refractivity contribution < 1.29 is 15.0 Å². The number of phenols is 1.